The lowest BCUT2D eigenvalue weighted by molar-refractivity contribution is 0.199. The van der Waals surface area contributed by atoms with Crippen molar-refractivity contribution < 1.29 is 19.7 Å². The van der Waals surface area contributed by atoms with Gasteiger partial charge in [0.05, 0.1) is 13.2 Å². The van der Waals surface area contributed by atoms with Gasteiger partial charge in [-0.15, -0.1) is 0 Å². The Morgan fingerprint density at radius 2 is 0.968 bits per heavy atom. The molecule has 0 aliphatic heterocycles. The summed E-state index contributed by atoms with van der Waals surface area (Å²) in [4.78, 5) is 0. The van der Waals surface area contributed by atoms with Gasteiger partial charge in [0.1, 0.15) is 24.7 Å². The first kappa shape index (κ1) is 25.2. The van der Waals surface area contributed by atoms with E-state index in [-0.39, 0.29) is 18.6 Å². The predicted octanol–water partition coefficient (Wildman–Crippen LogP) is 5.55. The summed E-state index contributed by atoms with van der Waals surface area (Å²) in [5.74, 6) is 1.75. The van der Waals surface area contributed by atoms with Gasteiger partial charge in [-0.2, -0.15) is 0 Å². The first-order valence-corrected chi connectivity index (χ1v) is 11.5. The first-order chi connectivity index (χ1) is 14.8. The molecule has 31 heavy (non-hydrogen) atoms. The monoisotopic (exact) mass is 428 g/mol. The third-order valence-corrected chi connectivity index (χ3v) is 6.05. The number of benzene rings is 2. The summed E-state index contributed by atoms with van der Waals surface area (Å²) in [5.41, 5.74) is 7.00. The highest BCUT2D eigenvalue weighted by atomic mass is 16.5. The lowest BCUT2D eigenvalue weighted by Crippen LogP contribution is -2.28. The Kier molecular flexibility index (Phi) is 9.39. The van der Waals surface area contributed by atoms with Crippen LogP contribution in [0.1, 0.15) is 72.9 Å². The Balaban J connectivity index is 2.66. The summed E-state index contributed by atoms with van der Waals surface area (Å²) in [6.07, 6.45) is 4.29. The number of rotatable bonds is 12. The van der Waals surface area contributed by atoms with E-state index in [9.17, 15) is 0 Å². The van der Waals surface area contributed by atoms with Crippen molar-refractivity contribution >= 4 is 0 Å². The van der Waals surface area contributed by atoms with Crippen molar-refractivity contribution in [3.05, 3.63) is 57.6 Å². The minimum atomic E-state index is -0.0838. The summed E-state index contributed by atoms with van der Waals surface area (Å²) < 4.78 is 11.6. The molecule has 2 N–H and O–H groups in total. The Bertz CT molecular complexity index is 739. The largest absolute Gasteiger partial charge is 0.491 e. The van der Waals surface area contributed by atoms with Gasteiger partial charge >= 0.3 is 0 Å². The van der Waals surface area contributed by atoms with Crippen molar-refractivity contribution in [2.45, 2.75) is 72.6 Å². The van der Waals surface area contributed by atoms with E-state index < -0.39 is 0 Å². The van der Waals surface area contributed by atoms with Crippen molar-refractivity contribution in [1.29, 1.82) is 0 Å². The van der Waals surface area contributed by atoms with Gasteiger partial charge < -0.3 is 19.7 Å². The van der Waals surface area contributed by atoms with Crippen LogP contribution in [0.25, 0.3) is 0 Å². The van der Waals surface area contributed by atoms with Crippen LogP contribution in [0.2, 0.25) is 0 Å². The topological polar surface area (TPSA) is 58.9 Å². The Hall–Kier alpha value is -2.04. The maximum absolute atomic E-state index is 9.16. The summed E-state index contributed by atoms with van der Waals surface area (Å²) in [6.45, 7) is 13.5. The number of aliphatic hydroxyl groups is 2. The van der Waals surface area contributed by atoms with Crippen LogP contribution in [0, 0.1) is 27.7 Å². The van der Waals surface area contributed by atoms with Gasteiger partial charge in [-0.1, -0.05) is 51.0 Å². The van der Waals surface area contributed by atoms with Crippen LogP contribution in [0.4, 0.5) is 0 Å². The lowest BCUT2D eigenvalue weighted by atomic mass is 9.67. The zero-order chi connectivity index (χ0) is 23.0. The van der Waals surface area contributed by atoms with Crippen molar-refractivity contribution in [2.75, 3.05) is 26.4 Å². The average molecular weight is 429 g/mol. The molecule has 2 rings (SSSR count). The van der Waals surface area contributed by atoms with Gasteiger partial charge in [0.2, 0.25) is 0 Å². The third-order valence-electron chi connectivity index (χ3n) is 6.05. The Labute approximate surface area is 188 Å². The van der Waals surface area contributed by atoms with Gasteiger partial charge in [-0.3, -0.25) is 0 Å². The van der Waals surface area contributed by atoms with Gasteiger partial charge in [0.15, 0.2) is 0 Å². The molecule has 0 atom stereocenters. The molecule has 172 valence electrons. The minimum absolute atomic E-state index is 0.0134. The summed E-state index contributed by atoms with van der Waals surface area (Å²) in [7, 11) is 0. The summed E-state index contributed by atoms with van der Waals surface area (Å²) in [6, 6.07) is 9.08. The van der Waals surface area contributed by atoms with Crippen LogP contribution < -0.4 is 9.47 Å². The molecule has 0 fully saturated rings. The lowest BCUT2D eigenvalue weighted by Gasteiger charge is -2.37. The average Bonchev–Trinajstić information content (AvgIpc) is 2.72. The maximum Gasteiger partial charge on any atom is 0.125 e. The molecule has 0 amide bonds. The van der Waals surface area contributed by atoms with E-state index in [4.69, 9.17) is 19.7 Å². The van der Waals surface area contributed by atoms with E-state index in [1.54, 1.807) is 0 Å². The van der Waals surface area contributed by atoms with Gasteiger partial charge in [0.25, 0.3) is 0 Å². The molecule has 0 unspecified atom stereocenters. The highest BCUT2D eigenvalue weighted by molar-refractivity contribution is 5.53. The van der Waals surface area contributed by atoms with E-state index in [1.807, 2.05) is 0 Å². The molecular weight excluding hydrogens is 388 g/mol. The van der Waals surface area contributed by atoms with E-state index in [1.165, 1.54) is 11.1 Å². The maximum atomic E-state index is 9.16. The summed E-state index contributed by atoms with van der Waals surface area (Å²) >= 11 is 0. The van der Waals surface area contributed by atoms with Crippen LogP contribution in [-0.4, -0.2) is 36.6 Å². The van der Waals surface area contributed by atoms with Crippen LogP contribution in [0.3, 0.4) is 0 Å². The van der Waals surface area contributed by atoms with Gasteiger partial charge in [-0.25, -0.2) is 0 Å². The SMILES string of the molecule is CCCC(CCC)(c1cc(C)c(OCCO)c(C)c1)c1cc(C)c(OCCO)c(C)c1. The fourth-order valence-electron chi connectivity index (χ4n) is 4.93. The molecule has 0 aliphatic carbocycles. The molecule has 4 nitrogen and oxygen atoms in total. The summed E-state index contributed by atoms with van der Waals surface area (Å²) in [5, 5.41) is 18.3. The molecule has 4 heteroatoms. The first-order valence-electron chi connectivity index (χ1n) is 11.5. The molecule has 0 saturated heterocycles. The fourth-order valence-corrected chi connectivity index (χ4v) is 4.93. The molecule has 0 heterocycles. The molecule has 0 radical (unpaired) electrons. The Morgan fingerprint density at radius 3 is 1.23 bits per heavy atom. The van der Waals surface area contributed by atoms with Crippen LogP contribution in [-0.2, 0) is 5.41 Å². The molecule has 0 spiro atoms. The predicted molar refractivity (Wildman–Crippen MR) is 128 cm³/mol. The second kappa shape index (κ2) is 11.5. The molecule has 2 aromatic carbocycles. The standard InChI is InChI=1S/C27H40O4/c1-7-9-27(10-8-2,23-15-19(3)25(20(4)16-23)30-13-11-28)24-17-21(5)26(22(6)18-24)31-14-12-29/h15-18,28-29H,7-14H2,1-6H3. The number of hydrogen-bond donors (Lipinski definition) is 2. The number of ether oxygens (including phenoxy) is 2. The van der Waals surface area contributed by atoms with Crippen LogP contribution in [0.5, 0.6) is 11.5 Å². The molecule has 0 saturated carbocycles. The number of hydrogen-bond acceptors (Lipinski definition) is 4. The fraction of sp³-hybridized carbons (Fsp3) is 0.556. The highest BCUT2D eigenvalue weighted by Gasteiger charge is 2.34. The molecule has 0 aliphatic rings. The minimum Gasteiger partial charge on any atom is -0.491 e. The van der Waals surface area contributed by atoms with E-state index in [0.29, 0.717) is 13.2 Å². The van der Waals surface area contributed by atoms with Crippen molar-refractivity contribution in [2.24, 2.45) is 0 Å². The Morgan fingerprint density at radius 1 is 0.645 bits per heavy atom. The second-order valence-electron chi connectivity index (χ2n) is 8.60. The van der Waals surface area contributed by atoms with Gasteiger partial charge in [-0.05, 0) is 73.9 Å². The van der Waals surface area contributed by atoms with Crippen LogP contribution in [0.15, 0.2) is 24.3 Å². The molecule has 0 aromatic heterocycles. The van der Waals surface area contributed by atoms with E-state index in [0.717, 1.165) is 59.4 Å². The molecular formula is C27H40O4. The van der Waals surface area contributed by atoms with E-state index in [2.05, 4.69) is 65.8 Å². The van der Waals surface area contributed by atoms with Crippen molar-refractivity contribution in [3.8, 4) is 11.5 Å². The van der Waals surface area contributed by atoms with Gasteiger partial charge in [0, 0.05) is 5.41 Å². The van der Waals surface area contributed by atoms with Crippen molar-refractivity contribution in [3.63, 3.8) is 0 Å². The highest BCUT2D eigenvalue weighted by Crippen LogP contribution is 2.45. The molecule has 0 bridgehead atoms. The second-order valence-corrected chi connectivity index (χ2v) is 8.60. The quantitative estimate of drug-likeness (QED) is 0.465. The third kappa shape index (κ3) is 5.61. The number of aryl methyl sites for hydroxylation is 4. The smallest absolute Gasteiger partial charge is 0.125 e. The van der Waals surface area contributed by atoms with E-state index >= 15 is 0 Å². The van der Waals surface area contributed by atoms with Crippen LogP contribution >= 0.6 is 0 Å². The number of aliphatic hydroxyl groups excluding tert-OH is 2. The normalized spacial score (nSPS) is 11.6. The van der Waals surface area contributed by atoms with Crippen molar-refractivity contribution in [1.82, 2.24) is 0 Å². The zero-order valence-corrected chi connectivity index (χ0v) is 20.2. The molecule has 2 aromatic rings. The zero-order valence-electron chi connectivity index (χ0n) is 20.2.